The number of benzene rings is 2. The fourth-order valence-electron chi connectivity index (χ4n) is 3.10. The maximum absolute atomic E-state index is 13.0. The standard InChI is InChI=1S/C23H25N3O4/c1-16(22(27)25(2)3)30-23(28)19-15-26(14-17-10-6-5-7-11-17)24-21(19)18-12-8-9-13-20(18)29-4/h5-13,15-16H,14H2,1-4H3/t16-/m1/s1. The van der Waals surface area contributed by atoms with Crippen LogP contribution in [0.1, 0.15) is 22.8 Å². The summed E-state index contributed by atoms with van der Waals surface area (Å²) >= 11 is 0. The molecular formula is C23H25N3O4. The van der Waals surface area contributed by atoms with Crippen molar-refractivity contribution in [1.29, 1.82) is 0 Å². The molecule has 156 valence electrons. The molecule has 1 amide bonds. The molecule has 3 aromatic rings. The lowest BCUT2D eigenvalue weighted by molar-refractivity contribution is -0.137. The Balaban J connectivity index is 1.99. The van der Waals surface area contributed by atoms with Gasteiger partial charge in [-0.15, -0.1) is 0 Å². The smallest absolute Gasteiger partial charge is 0.342 e. The van der Waals surface area contributed by atoms with Crippen LogP contribution in [-0.2, 0) is 16.1 Å². The lowest BCUT2D eigenvalue weighted by atomic mass is 10.1. The van der Waals surface area contributed by atoms with Gasteiger partial charge in [-0.2, -0.15) is 5.10 Å². The highest BCUT2D eigenvalue weighted by Gasteiger charge is 2.26. The van der Waals surface area contributed by atoms with Crippen molar-refractivity contribution in [3.63, 3.8) is 0 Å². The van der Waals surface area contributed by atoms with Crippen LogP contribution >= 0.6 is 0 Å². The molecular weight excluding hydrogens is 382 g/mol. The Bertz CT molecular complexity index is 1030. The number of amides is 1. The van der Waals surface area contributed by atoms with Gasteiger partial charge in [0.1, 0.15) is 17.0 Å². The summed E-state index contributed by atoms with van der Waals surface area (Å²) in [5.41, 5.74) is 2.43. The summed E-state index contributed by atoms with van der Waals surface area (Å²) in [5.74, 6) is -0.314. The van der Waals surface area contributed by atoms with E-state index in [0.717, 1.165) is 5.56 Å². The van der Waals surface area contributed by atoms with Gasteiger partial charge in [-0.05, 0) is 24.6 Å². The first-order valence-electron chi connectivity index (χ1n) is 9.57. The van der Waals surface area contributed by atoms with Gasteiger partial charge in [0.15, 0.2) is 6.10 Å². The quantitative estimate of drug-likeness (QED) is 0.562. The zero-order valence-corrected chi connectivity index (χ0v) is 17.5. The largest absolute Gasteiger partial charge is 0.496 e. The average Bonchev–Trinajstić information content (AvgIpc) is 3.17. The average molecular weight is 407 g/mol. The summed E-state index contributed by atoms with van der Waals surface area (Å²) in [5, 5.41) is 4.63. The molecule has 0 aliphatic carbocycles. The van der Waals surface area contributed by atoms with Gasteiger partial charge in [0.25, 0.3) is 5.91 Å². The molecule has 0 radical (unpaired) electrons. The summed E-state index contributed by atoms with van der Waals surface area (Å²) in [6.07, 6.45) is 0.736. The molecule has 0 saturated heterocycles. The van der Waals surface area contributed by atoms with Gasteiger partial charge in [-0.3, -0.25) is 9.48 Å². The number of hydrogen-bond donors (Lipinski definition) is 0. The number of carbonyl (C=O) groups excluding carboxylic acids is 2. The molecule has 1 aromatic heterocycles. The first kappa shape index (κ1) is 21.1. The van der Waals surface area contributed by atoms with Crippen LogP contribution in [0.2, 0.25) is 0 Å². The molecule has 0 saturated carbocycles. The van der Waals surface area contributed by atoms with E-state index in [1.807, 2.05) is 48.5 Å². The van der Waals surface area contributed by atoms with E-state index in [-0.39, 0.29) is 11.5 Å². The normalized spacial score (nSPS) is 11.6. The predicted molar refractivity (Wildman–Crippen MR) is 113 cm³/mol. The van der Waals surface area contributed by atoms with Crippen molar-refractivity contribution in [1.82, 2.24) is 14.7 Å². The third-order valence-electron chi connectivity index (χ3n) is 4.60. The second kappa shape index (κ2) is 9.26. The topological polar surface area (TPSA) is 73.7 Å². The number of para-hydroxylation sites is 1. The van der Waals surface area contributed by atoms with E-state index >= 15 is 0 Å². The van der Waals surface area contributed by atoms with Crippen molar-refractivity contribution in [3.8, 4) is 17.0 Å². The van der Waals surface area contributed by atoms with Crippen molar-refractivity contribution in [3.05, 3.63) is 71.9 Å². The number of nitrogens with zero attached hydrogens (tertiary/aromatic N) is 3. The van der Waals surface area contributed by atoms with E-state index in [9.17, 15) is 9.59 Å². The summed E-state index contributed by atoms with van der Waals surface area (Å²) in [4.78, 5) is 26.5. The summed E-state index contributed by atoms with van der Waals surface area (Å²) in [6.45, 7) is 2.04. The number of aromatic nitrogens is 2. The second-order valence-corrected chi connectivity index (χ2v) is 7.06. The molecule has 30 heavy (non-hydrogen) atoms. The van der Waals surface area contributed by atoms with E-state index < -0.39 is 12.1 Å². The van der Waals surface area contributed by atoms with E-state index in [1.165, 1.54) is 4.90 Å². The Hall–Kier alpha value is -3.61. The number of hydrogen-bond acceptors (Lipinski definition) is 5. The summed E-state index contributed by atoms with van der Waals surface area (Å²) in [6, 6.07) is 17.1. The summed E-state index contributed by atoms with van der Waals surface area (Å²) in [7, 11) is 4.80. The maximum Gasteiger partial charge on any atom is 0.342 e. The highest BCUT2D eigenvalue weighted by Crippen LogP contribution is 2.31. The number of methoxy groups -OCH3 is 1. The summed E-state index contributed by atoms with van der Waals surface area (Å²) < 4.78 is 12.6. The molecule has 0 N–H and O–H groups in total. The Labute approximate surface area is 175 Å². The van der Waals surface area contributed by atoms with E-state index in [2.05, 4.69) is 5.10 Å². The van der Waals surface area contributed by atoms with Crippen LogP contribution in [0.4, 0.5) is 0 Å². The zero-order valence-electron chi connectivity index (χ0n) is 17.5. The monoisotopic (exact) mass is 407 g/mol. The Morgan fingerprint density at radius 1 is 1.07 bits per heavy atom. The molecule has 0 aliphatic rings. The predicted octanol–water partition coefficient (Wildman–Crippen LogP) is 3.24. The molecule has 1 atom stereocenters. The third kappa shape index (κ3) is 4.68. The minimum Gasteiger partial charge on any atom is -0.496 e. The van der Waals surface area contributed by atoms with Crippen molar-refractivity contribution in [2.75, 3.05) is 21.2 Å². The van der Waals surface area contributed by atoms with Crippen LogP contribution < -0.4 is 4.74 Å². The van der Waals surface area contributed by atoms with Gasteiger partial charge in [-0.25, -0.2) is 4.79 Å². The van der Waals surface area contributed by atoms with Crippen LogP contribution in [0.5, 0.6) is 5.75 Å². The molecule has 7 nitrogen and oxygen atoms in total. The maximum atomic E-state index is 13.0. The van der Waals surface area contributed by atoms with E-state index in [1.54, 1.807) is 45.1 Å². The van der Waals surface area contributed by atoms with Crippen LogP contribution in [0.3, 0.4) is 0 Å². The molecule has 0 spiro atoms. The molecule has 1 heterocycles. The zero-order chi connectivity index (χ0) is 21.7. The van der Waals surface area contributed by atoms with Crippen LogP contribution in [-0.4, -0.2) is 53.9 Å². The van der Waals surface area contributed by atoms with Gasteiger partial charge in [0.2, 0.25) is 0 Å². The number of rotatable bonds is 7. The van der Waals surface area contributed by atoms with Crippen molar-refractivity contribution >= 4 is 11.9 Å². The first-order chi connectivity index (χ1) is 14.4. The number of carbonyl (C=O) groups is 2. The third-order valence-corrected chi connectivity index (χ3v) is 4.60. The SMILES string of the molecule is COc1ccccc1-c1nn(Cc2ccccc2)cc1C(=O)O[C@H](C)C(=O)N(C)C. The first-order valence-corrected chi connectivity index (χ1v) is 9.57. The highest BCUT2D eigenvalue weighted by atomic mass is 16.5. The number of esters is 1. The molecule has 2 aromatic carbocycles. The van der Waals surface area contributed by atoms with Gasteiger partial charge < -0.3 is 14.4 Å². The minimum absolute atomic E-state index is 0.272. The van der Waals surface area contributed by atoms with E-state index in [4.69, 9.17) is 9.47 Å². The van der Waals surface area contributed by atoms with Gasteiger partial charge in [-0.1, -0.05) is 42.5 Å². The Morgan fingerprint density at radius 3 is 2.40 bits per heavy atom. The molecule has 0 unspecified atom stereocenters. The van der Waals surface area contributed by atoms with Crippen LogP contribution in [0.15, 0.2) is 60.8 Å². The van der Waals surface area contributed by atoms with Gasteiger partial charge in [0.05, 0.1) is 13.7 Å². The van der Waals surface area contributed by atoms with Crippen LogP contribution in [0.25, 0.3) is 11.3 Å². The molecule has 0 fully saturated rings. The second-order valence-electron chi connectivity index (χ2n) is 7.06. The number of ether oxygens (including phenoxy) is 2. The number of likely N-dealkylation sites (N-methyl/N-ethyl adjacent to an activating group) is 1. The van der Waals surface area contributed by atoms with E-state index in [0.29, 0.717) is 23.6 Å². The van der Waals surface area contributed by atoms with Crippen LogP contribution in [0, 0.1) is 0 Å². The molecule has 3 rings (SSSR count). The molecule has 0 aliphatic heterocycles. The Morgan fingerprint density at radius 2 is 1.73 bits per heavy atom. The highest BCUT2D eigenvalue weighted by molar-refractivity contribution is 5.98. The molecule has 0 bridgehead atoms. The Kier molecular flexibility index (Phi) is 6.51. The lowest BCUT2D eigenvalue weighted by Gasteiger charge is -2.17. The fourth-order valence-corrected chi connectivity index (χ4v) is 3.10. The van der Waals surface area contributed by atoms with Crippen molar-refractivity contribution < 1.29 is 19.1 Å². The lowest BCUT2D eigenvalue weighted by Crippen LogP contribution is -2.34. The van der Waals surface area contributed by atoms with Crippen molar-refractivity contribution in [2.45, 2.75) is 19.6 Å². The van der Waals surface area contributed by atoms with Gasteiger partial charge in [0, 0.05) is 25.9 Å². The van der Waals surface area contributed by atoms with Gasteiger partial charge >= 0.3 is 5.97 Å². The van der Waals surface area contributed by atoms with Crippen molar-refractivity contribution in [2.24, 2.45) is 0 Å². The molecule has 7 heteroatoms. The fraction of sp³-hybridized carbons (Fsp3) is 0.261. The minimum atomic E-state index is -0.907.